The summed E-state index contributed by atoms with van der Waals surface area (Å²) in [6.45, 7) is 2.08. The van der Waals surface area contributed by atoms with E-state index >= 15 is 0 Å². The third-order valence-electron chi connectivity index (χ3n) is 3.23. The van der Waals surface area contributed by atoms with Gasteiger partial charge in [0.1, 0.15) is 0 Å². The van der Waals surface area contributed by atoms with Gasteiger partial charge in [-0.3, -0.25) is 4.79 Å². The molecule has 0 aliphatic heterocycles. The van der Waals surface area contributed by atoms with Crippen LogP contribution in [0.15, 0.2) is 54.6 Å². The first-order chi connectivity index (χ1) is 10.6. The molecule has 0 atom stereocenters. The van der Waals surface area contributed by atoms with E-state index in [1.165, 1.54) is 17.7 Å². The van der Waals surface area contributed by atoms with Crippen LogP contribution >= 0.6 is 0 Å². The number of anilines is 1. The number of carbonyl (C=O) groups is 2. The lowest BCUT2D eigenvalue weighted by molar-refractivity contribution is -0.111. The van der Waals surface area contributed by atoms with E-state index in [4.69, 9.17) is 5.11 Å². The maximum atomic E-state index is 11.9. The molecule has 112 valence electrons. The Morgan fingerprint density at radius 2 is 1.77 bits per heavy atom. The van der Waals surface area contributed by atoms with Gasteiger partial charge in [-0.25, -0.2) is 4.79 Å². The van der Waals surface area contributed by atoms with Gasteiger partial charge in [0.2, 0.25) is 5.91 Å². The molecule has 0 radical (unpaired) electrons. The molecule has 0 heterocycles. The smallest absolute Gasteiger partial charge is 0.337 e. The maximum absolute atomic E-state index is 11.9. The van der Waals surface area contributed by atoms with Crippen LogP contribution in [0.2, 0.25) is 0 Å². The fourth-order valence-corrected chi connectivity index (χ4v) is 1.99. The Kier molecular flexibility index (Phi) is 5.09. The third-order valence-corrected chi connectivity index (χ3v) is 3.23. The Morgan fingerprint density at radius 3 is 2.41 bits per heavy atom. The first-order valence-corrected chi connectivity index (χ1v) is 7.00. The minimum absolute atomic E-state index is 0.0662. The number of carboxylic acid groups (broad SMARTS) is 1. The zero-order valence-corrected chi connectivity index (χ0v) is 12.2. The molecule has 0 bridgehead atoms. The molecule has 2 aromatic rings. The van der Waals surface area contributed by atoms with Gasteiger partial charge < -0.3 is 10.4 Å². The molecule has 1 amide bonds. The second-order valence-corrected chi connectivity index (χ2v) is 4.77. The summed E-state index contributed by atoms with van der Waals surface area (Å²) >= 11 is 0. The van der Waals surface area contributed by atoms with E-state index in [0.29, 0.717) is 0 Å². The lowest BCUT2D eigenvalue weighted by Crippen LogP contribution is -2.11. The normalized spacial score (nSPS) is 10.6. The number of carboxylic acids is 1. The van der Waals surface area contributed by atoms with Gasteiger partial charge in [0.25, 0.3) is 0 Å². The lowest BCUT2D eigenvalue weighted by Gasteiger charge is -2.05. The van der Waals surface area contributed by atoms with Crippen molar-refractivity contribution < 1.29 is 14.7 Å². The number of aryl methyl sites for hydroxylation is 1. The number of benzene rings is 2. The Labute approximate surface area is 129 Å². The lowest BCUT2D eigenvalue weighted by atomic mass is 10.1. The first kappa shape index (κ1) is 15.5. The number of para-hydroxylation sites is 1. The van der Waals surface area contributed by atoms with E-state index in [1.54, 1.807) is 24.3 Å². The molecule has 0 unspecified atom stereocenters. The van der Waals surface area contributed by atoms with Gasteiger partial charge in [0.15, 0.2) is 0 Å². The minimum Gasteiger partial charge on any atom is -0.478 e. The van der Waals surface area contributed by atoms with Gasteiger partial charge in [0, 0.05) is 6.08 Å². The molecule has 0 saturated heterocycles. The third kappa shape index (κ3) is 4.06. The second-order valence-electron chi connectivity index (χ2n) is 4.77. The van der Waals surface area contributed by atoms with Crippen LogP contribution < -0.4 is 5.32 Å². The monoisotopic (exact) mass is 295 g/mol. The number of carbonyl (C=O) groups excluding carboxylic acids is 1. The van der Waals surface area contributed by atoms with E-state index in [1.807, 2.05) is 24.3 Å². The summed E-state index contributed by atoms with van der Waals surface area (Å²) < 4.78 is 0. The van der Waals surface area contributed by atoms with Crippen molar-refractivity contribution in [3.8, 4) is 0 Å². The fourth-order valence-electron chi connectivity index (χ4n) is 1.99. The van der Waals surface area contributed by atoms with E-state index in [0.717, 1.165) is 12.0 Å². The summed E-state index contributed by atoms with van der Waals surface area (Å²) in [5.41, 5.74) is 2.50. The van der Waals surface area contributed by atoms with Gasteiger partial charge >= 0.3 is 5.97 Å². The molecular formula is C18H17NO3. The summed E-state index contributed by atoms with van der Waals surface area (Å²) in [4.78, 5) is 23.0. The van der Waals surface area contributed by atoms with Crippen molar-refractivity contribution >= 4 is 23.6 Å². The van der Waals surface area contributed by atoms with Crippen molar-refractivity contribution in [3.63, 3.8) is 0 Å². The molecule has 0 fully saturated rings. The number of aromatic carboxylic acids is 1. The highest BCUT2D eigenvalue weighted by atomic mass is 16.4. The highest BCUT2D eigenvalue weighted by Gasteiger charge is 2.09. The Balaban J connectivity index is 2.06. The van der Waals surface area contributed by atoms with Crippen LogP contribution in [-0.4, -0.2) is 17.0 Å². The molecule has 4 nitrogen and oxygen atoms in total. The quantitative estimate of drug-likeness (QED) is 0.828. The maximum Gasteiger partial charge on any atom is 0.337 e. The summed E-state index contributed by atoms with van der Waals surface area (Å²) in [5.74, 6) is -1.44. The summed E-state index contributed by atoms with van der Waals surface area (Å²) in [6, 6.07) is 14.2. The van der Waals surface area contributed by atoms with Crippen molar-refractivity contribution in [2.45, 2.75) is 13.3 Å². The molecule has 22 heavy (non-hydrogen) atoms. The van der Waals surface area contributed by atoms with Gasteiger partial charge in [-0.2, -0.15) is 0 Å². The van der Waals surface area contributed by atoms with Crippen LogP contribution in [0.25, 0.3) is 6.08 Å². The molecule has 2 N–H and O–H groups in total. The van der Waals surface area contributed by atoms with Crippen molar-refractivity contribution in [2.75, 3.05) is 5.32 Å². The number of nitrogens with one attached hydrogen (secondary N) is 1. The molecule has 0 aliphatic rings. The van der Waals surface area contributed by atoms with Crippen molar-refractivity contribution in [2.24, 2.45) is 0 Å². The standard InChI is InChI=1S/C18H17NO3/c1-2-13-7-9-14(10-8-13)11-12-17(20)19-16-6-4-3-5-15(16)18(21)22/h3-12H,2H2,1H3,(H,19,20)(H,21,22)/b12-11+. The molecule has 4 heteroatoms. The van der Waals surface area contributed by atoms with Gasteiger partial charge in [-0.05, 0) is 35.8 Å². The minimum atomic E-state index is -1.07. The molecule has 0 saturated carbocycles. The summed E-state index contributed by atoms with van der Waals surface area (Å²) in [5, 5.41) is 11.6. The Bertz CT molecular complexity index is 703. The fraction of sp³-hybridized carbons (Fsp3) is 0.111. The predicted molar refractivity (Wildman–Crippen MR) is 86.9 cm³/mol. The van der Waals surface area contributed by atoms with Crippen LogP contribution in [0, 0.1) is 0 Å². The van der Waals surface area contributed by atoms with Crippen LogP contribution in [-0.2, 0) is 11.2 Å². The molecule has 0 aromatic heterocycles. The Hall–Kier alpha value is -2.88. The van der Waals surface area contributed by atoms with Gasteiger partial charge in [-0.15, -0.1) is 0 Å². The zero-order valence-electron chi connectivity index (χ0n) is 12.2. The Morgan fingerprint density at radius 1 is 1.09 bits per heavy atom. The molecule has 2 rings (SSSR count). The van der Waals surface area contributed by atoms with Crippen LogP contribution in [0.5, 0.6) is 0 Å². The first-order valence-electron chi connectivity index (χ1n) is 7.00. The number of hydrogen-bond acceptors (Lipinski definition) is 2. The van der Waals surface area contributed by atoms with Crippen molar-refractivity contribution in [3.05, 3.63) is 71.3 Å². The second kappa shape index (κ2) is 7.22. The molecule has 2 aromatic carbocycles. The van der Waals surface area contributed by atoms with E-state index in [-0.39, 0.29) is 17.2 Å². The van der Waals surface area contributed by atoms with Crippen LogP contribution in [0.3, 0.4) is 0 Å². The topological polar surface area (TPSA) is 66.4 Å². The number of rotatable bonds is 5. The predicted octanol–water partition coefficient (Wildman–Crippen LogP) is 3.60. The summed E-state index contributed by atoms with van der Waals surface area (Å²) in [6.07, 6.45) is 4.05. The van der Waals surface area contributed by atoms with E-state index in [2.05, 4.69) is 12.2 Å². The van der Waals surface area contributed by atoms with Gasteiger partial charge in [-0.1, -0.05) is 43.3 Å². The number of hydrogen-bond donors (Lipinski definition) is 2. The van der Waals surface area contributed by atoms with Crippen molar-refractivity contribution in [1.82, 2.24) is 0 Å². The highest BCUT2D eigenvalue weighted by Crippen LogP contribution is 2.15. The number of amides is 1. The largest absolute Gasteiger partial charge is 0.478 e. The van der Waals surface area contributed by atoms with Gasteiger partial charge in [0.05, 0.1) is 11.3 Å². The molecule has 0 aliphatic carbocycles. The van der Waals surface area contributed by atoms with Crippen molar-refractivity contribution in [1.29, 1.82) is 0 Å². The zero-order chi connectivity index (χ0) is 15.9. The SMILES string of the molecule is CCc1ccc(/C=C/C(=O)Nc2ccccc2C(=O)O)cc1. The van der Waals surface area contributed by atoms with Crippen LogP contribution in [0.1, 0.15) is 28.4 Å². The van der Waals surface area contributed by atoms with E-state index in [9.17, 15) is 9.59 Å². The highest BCUT2D eigenvalue weighted by molar-refractivity contribution is 6.06. The average molecular weight is 295 g/mol. The summed E-state index contributed by atoms with van der Waals surface area (Å²) in [7, 11) is 0. The molecule has 0 spiro atoms. The van der Waals surface area contributed by atoms with E-state index < -0.39 is 5.97 Å². The molecular weight excluding hydrogens is 278 g/mol. The average Bonchev–Trinajstić information content (AvgIpc) is 2.53. The van der Waals surface area contributed by atoms with Crippen LogP contribution in [0.4, 0.5) is 5.69 Å².